The van der Waals surface area contributed by atoms with Gasteiger partial charge in [0.25, 0.3) is 5.91 Å². The van der Waals surface area contributed by atoms with Gasteiger partial charge in [-0.2, -0.15) is 0 Å². The van der Waals surface area contributed by atoms with Crippen LogP contribution in [0.4, 0.5) is 11.4 Å². The highest BCUT2D eigenvalue weighted by Gasteiger charge is 2.13. The van der Waals surface area contributed by atoms with Gasteiger partial charge in [-0.3, -0.25) is 14.4 Å². The van der Waals surface area contributed by atoms with Gasteiger partial charge >= 0.3 is 5.97 Å². The van der Waals surface area contributed by atoms with Crippen LogP contribution in [0.1, 0.15) is 23.2 Å². The summed E-state index contributed by atoms with van der Waals surface area (Å²) >= 11 is 5.79. The lowest BCUT2D eigenvalue weighted by Gasteiger charge is -2.28. The first-order valence-electron chi connectivity index (χ1n) is 9.68. The number of hydrogen-bond donors (Lipinski definition) is 1. The van der Waals surface area contributed by atoms with Crippen molar-refractivity contribution in [3.05, 3.63) is 59.1 Å². The quantitative estimate of drug-likeness (QED) is 0.511. The molecule has 7 nitrogen and oxygen atoms in total. The number of morpholine rings is 1. The molecule has 2 aromatic carbocycles. The Morgan fingerprint density at radius 3 is 2.30 bits per heavy atom. The molecule has 1 aliphatic rings. The van der Waals surface area contributed by atoms with Gasteiger partial charge in [-0.1, -0.05) is 11.6 Å². The number of anilines is 2. The van der Waals surface area contributed by atoms with Crippen molar-refractivity contribution in [2.45, 2.75) is 12.8 Å². The molecule has 0 atom stereocenters. The summed E-state index contributed by atoms with van der Waals surface area (Å²) in [7, 11) is 0. The lowest BCUT2D eigenvalue weighted by Crippen LogP contribution is -2.36. The summed E-state index contributed by atoms with van der Waals surface area (Å²) in [4.78, 5) is 38.1. The number of halogens is 1. The Morgan fingerprint density at radius 1 is 0.967 bits per heavy atom. The zero-order valence-corrected chi connectivity index (χ0v) is 17.2. The van der Waals surface area contributed by atoms with Gasteiger partial charge in [0.1, 0.15) is 0 Å². The molecule has 0 saturated carbocycles. The third-order valence-electron chi connectivity index (χ3n) is 4.61. The minimum absolute atomic E-state index is 0.00505. The molecule has 0 unspecified atom stereocenters. The highest BCUT2D eigenvalue weighted by atomic mass is 35.5. The van der Waals surface area contributed by atoms with Crippen molar-refractivity contribution in [1.82, 2.24) is 0 Å². The number of Topliss-reactive ketones (excluding diaryl/α,β-unsaturated/α-hetero) is 1. The molecule has 8 heteroatoms. The van der Waals surface area contributed by atoms with Gasteiger partial charge in [0.15, 0.2) is 12.4 Å². The molecule has 1 heterocycles. The van der Waals surface area contributed by atoms with Crippen LogP contribution in [0.2, 0.25) is 5.02 Å². The summed E-state index contributed by atoms with van der Waals surface area (Å²) in [6, 6.07) is 13.9. The van der Waals surface area contributed by atoms with Crippen LogP contribution in [0.15, 0.2) is 48.5 Å². The van der Waals surface area contributed by atoms with Crippen LogP contribution < -0.4 is 10.2 Å². The van der Waals surface area contributed by atoms with Crippen molar-refractivity contribution in [2.75, 3.05) is 43.1 Å². The maximum Gasteiger partial charge on any atom is 0.306 e. The number of carbonyl (C=O) groups excluding carboxylic acids is 3. The molecule has 30 heavy (non-hydrogen) atoms. The van der Waals surface area contributed by atoms with Gasteiger partial charge in [-0.25, -0.2) is 0 Å². The topological polar surface area (TPSA) is 84.9 Å². The van der Waals surface area contributed by atoms with Crippen LogP contribution in [0.25, 0.3) is 0 Å². The van der Waals surface area contributed by atoms with E-state index in [4.69, 9.17) is 21.1 Å². The first-order valence-corrected chi connectivity index (χ1v) is 10.1. The molecule has 1 N–H and O–H groups in total. The Bertz CT molecular complexity index is 877. The number of esters is 1. The zero-order valence-electron chi connectivity index (χ0n) is 16.4. The maximum atomic E-state index is 12.0. The van der Waals surface area contributed by atoms with E-state index in [1.807, 2.05) is 12.1 Å². The summed E-state index contributed by atoms with van der Waals surface area (Å²) in [5.41, 5.74) is 2.16. The highest BCUT2D eigenvalue weighted by molar-refractivity contribution is 6.30. The number of hydrogen-bond acceptors (Lipinski definition) is 6. The SMILES string of the molecule is O=C(COC(=O)CCC(=O)c1ccc(Cl)cc1)Nc1ccc(N2CCOCC2)cc1. The molecule has 1 aliphatic heterocycles. The van der Waals surface area contributed by atoms with E-state index < -0.39 is 18.5 Å². The summed E-state index contributed by atoms with van der Waals surface area (Å²) in [6.07, 6.45) is -0.0892. The highest BCUT2D eigenvalue weighted by Crippen LogP contribution is 2.19. The van der Waals surface area contributed by atoms with Gasteiger partial charge < -0.3 is 19.7 Å². The van der Waals surface area contributed by atoms with E-state index in [1.54, 1.807) is 36.4 Å². The average molecular weight is 431 g/mol. The van der Waals surface area contributed by atoms with E-state index in [0.29, 0.717) is 29.5 Å². The van der Waals surface area contributed by atoms with Crippen LogP contribution in [0, 0.1) is 0 Å². The Balaban J connectivity index is 1.38. The standard InChI is InChI=1S/C22H23ClN2O5/c23-17-3-1-16(2-4-17)20(26)9-10-22(28)30-15-21(27)24-18-5-7-19(8-6-18)25-11-13-29-14-12-25/h1-8H,9-15H2,(H,24,27). The summed E-state index contributed by atoms with van der Waals surface area (Å²) in [5.74, 6) is -1.23. The van der Waals surface area contributed by atoms with E-state index >= 15 is 0 Å². The molecule has 0 bridgehead atoms. The van der Waals surface area contributed by atoms with E-state index in [9.17, 15) is 14.4 Å². The second kappa shape index (κ2) is 10.8. The smallest absolute Gasteiger partial charge is 0.306 e. The number of nitrogens with zero attached hydrogens (tertiary/aromatic N) is 1. The van der Waals surface area contributed by atoms with Crippen LogP contribution in [0.3, 0.4) is 0 Å². The molecule has 0 aliphatic carbocycles. The van der Waals surface area contributed by atoms with Crippen molar-refractivity contribution in [2.24, 2.45) is 0 Å². The third kappa shape index (κ3) is 6.57. The average Bonchev–Trinajstić information content (AvgIpc) is 2.77. The first kappa shape index (κ1) is 21.8. The second-order valence-corrected chi connectivity index (χ2v) is 7.22. The lowest BCUT2D eigenvalue weighted by atomic mass is 10.1. The van der Waals surface area contributed by atoms with Crippen LogP contribution >= 0.6 is 11.6 Å². The predicted octanol–water partition coefficient (Wildman–Crippen LogP) is 3.32. The number of rotatable bonds is 8. The Hall–Kier alpha value is -2.90. The zero-order chi connectivity index (χ0) is 21.3. The molecular formula is C22H23ClN2O5. The molecule has 1 fully saturated rings. The van der Waals surface area contributed by atoms with Crippen molar-refractivity contribution >= 4 is 40.6 Å². The van der Waals surface area contributed by atoms with Gasteiger partial charge in [-0.05, 0) is 48.5 Å². The summed E-state index contributed by atoms with van der Waals surface area (Å²) < 4.78 is 10.3. The summed E-state index contributed by atoms with van der Waals surface area (Å²) in [5, 5.41) is 3.22. The lowest BCUT2D eigenvalue weighted by molar-refractivity contribution is -0.147. The number of carbonyl (C=O) groups is 3. The van der Waals surface area contributed by atoms with Crippen molar-refractivity contribution in [1.29, 1.82) is 0 Å². The van der Waals surface area contributed by atoms with E-state index in [2.05, 4.69) is 10.2 Å². The number of nitrogens with one attached hydrogen (secondary N) is 1. The Morgan fingerprint density at radius 2 is 1.63 bits per heavy atom. The largest absolute Gasteiger partial charge is 0.456 e. The molecule has 2 aromatic rings. The van der Waals surface area contributed by atoms with Crippen LogP contribution in [0.5, 0.6) is 0 Å². The predicted molar refractivity (Wildman–Crippen MR) is 114 cm³/mol. The molecule has 0 aromatic heterocycles. The second-order valence-electron chi connectivity index (χ2n) is 6.79. The molecular weight excluding hydrogens is 408 g/mol. The van der Waals surface area contributed by atoms with Crippen molar-refractivity contribution < 1.29 is 23.9 Å². The van der Waals surface area contributed by atoms with Crippen LogP contribution in [-0.4, -0.2) is 50.6 Å². The first-order chi connectivity index (χ1) is 14.5. The third-order valence-corrected chi connectivity index (χ3v) is 4.87. The molecule has 0 spiro atoms. The molecule has 158 valence electrons. The molecule has 0 radical (unpaired) electrons. The fourth-order valence-electron chi connectivity index (χ4n) is 2.99. The van der Waals surface area contributed by atoms with E-state index in [0.717, 1.165) is 18.8 Å². The van der Waals surface area contributed by atoms with Crippen LogP contribution in [-0.2, 0) is 19.1 Å². The monoisotopic (exact) mass is 430 g/mol. The van der Waals surface area contributed by atoms with E-state index in [-0.39, 0.29) is 18.6 Å². The van der Waals surface area contributed by atoms with Gasteiger partial charge in [0.2, 0.25) is 0 Å². The number of amides is 1. The fraction of sp³-hybridized carbons (Fsp3) is 0.318. The number of ketones is 1. The normalized spacial score (nSPS) is 13.6. The Kier molecular flexibility index (Phi) is 7.82. The Labute approximate surface area is 179 Å². The molecule has 3 rings (SSSR count). The van der Waals surface area contributed by atoms with Crippen molar-refractivity contribution in [3.63, 3.8) is 0 Å². The fourth-order valence-corrected chi connectivity index (χ4v) is 3.11. The molecule has 1 amide bonds. The summed E-state index contributed by atoms with van der Waals surface area (Å²) in [6.45, 7) is 2.67. The van der Waals surface area contributed by atoms with E-state index in [1.165, 1.54) is 0 Å². The van der Waals surface area contributed by atoms with Gasteiger partial charge in [0.05, 0.1) is 19.6 Å². The number of benzene rings is 2. The molecule has 1 saturated heterocycles. The minimum Gasteiger partial charge on any atom is -0.456 e. The van der Waals surface area contributed by atoms with Gasteiger partial charge in [0, 0.05) is 41.5 Å². The van der Waals surface area contributed by atoms with Gasteiger partial charge in [-0.15, -0.1) is 0 Å². The maximum absolute atomic E-state index is 12.0. The number of ether oxygens (including phenoxy) is 2. The minimum atomic E-state index is -0.602. The van der Waals surface area contributed by atoms with Crippen molar-refractivity contribution in [3.8, 4) is 0 Å².